The Morgan fingerprint density at radius 1 is 1.27 bits per heavy atom. The first-order chi connectivity index (χ1) is 12.6. The Hall–Kier alpha value is -1.53. The van der Waals surface area contributed by atoms with E-state index in [0.717, 1.165) is 60.2 Å². The van der Waals surface area contributed by atoms with E-state index in [1.54, 1.807) is 0 Å². The second kappa shape index (κ2) is 8.91. The van der Waals surface area contributed by atoms with Gasteiger partial charge in [0.25, 0.3) is 5.91 Å². The van der Waals surface area contributed by atoms with Crippen LogP contribution in [0.1, 0.15) is 73.6 Å². The third-order valence-corrected chi connectivity index (χ3v) is 6.04. The number of ether oxygens (including phenoxy) is 1. The fourth-order valence-electron chi connectivity index (χ4n) is 3.61. The van der Waals surface area contributed by atoms with Gasteiger partial charge in [-0.3, -0.25) is 4.79 Å². The minimum Gasteiger partial charge on any atom is -0.378 e. The predicted molar refractivity (Wildman–Crippen MR) is 106 cm³/mol. The zero-order valence-electron chi connectivity index (χ0n) is 16.0. The monoisotopic (exact) mass is 375 g/mol. The second-order valence-electron chi connectivity index (χ2n) is 7.31. The fraction of sp³-hybridized carbons (Fsp3) is 0.650. The van der Waals surface area contributed by atoms with Gasteiger partial charge in [0.1, 0.15) is 5.52 Å². The van der Waals surface area contributed by atoms with Crippen LogP contribution in [0, 0.1) is 13.8 Å². The van der Waals surface area contributed by atoms with Crippen LogP contribution in [0.3, 0.4) is 0 Å². The van der Waals surface area contributed by atoms with Crippen molar-refractivity contribution in [3.8, 4) is 0 Å². The number of aryl methyl sites for hydroxylation is 2. The summed E-state index contributed by atoms with van der Waals surface area (Å²) in [4.78, 5) is 17.2. The molecule has 0 spiro atoms. The van der Waals surface area contributed by atoms with E-state index in [4.69, 9.17) is 4.74 Å². The number of hydrogen-bond acceptors (Lipinski definition) is 5. The molecule has 2 aromatic heterocycles. The van der Waals surface area contributed by atoms with Crippen molar-refractivity contribution in [3.05, 3.63) is 23.0 Å². The molecular weight excluding hydrogens is 346 g/mol. The lowest BCUT2D eigenvalue weighted by atomic mass is 9.93. The first-order valence-electron chi connectivity index (χ1n) is 9.74. The van der Waals surface area contributed by atoms with Crippen LogP contribution < -0.4 is 5.32 Å². The van der Waals surface area contributed by atoms with E-state index in [1.165, 1.54) is 24.4 Å². The summed E-state index contributed by atoms with van der Waals surface area (Å²) in [5, 5.41) is 3.16. The molecule has 0 saturated heterocycles. The van der Waals surface area contributed by atoms with Gasteiger partial charge in [-0.1, -0.05) is 19.8 Å². The third-order valence-electron chi connectivity index (χ3n) is 5.07. The molecule has 5 nitrogen and oxygen atoms in total. The molecule has 142 valence electrons. The number of nitrogens with zero attached hydrogens (tertiary/aromatic N) is 2. The molecule has 0 radical (unpaired) electrons. The molecule has 2 heterocycles. The van der Waals surface area contributed by atoms with Crippen LogP contribution in [0.15, 0.2) is 6.07 Å². The van der Waals surface area contributed by atoms with Crippen molar-refractivity contribution in [2.75, 3.05) is 6.61 Å². The molecule has 1 amide bonds. The molecule has 0 atom stereocenters. The number of nitrogens with one attached hydrogen (secondary N) is 1. The number of unbranched alkanes of at least 4 members (excludes halogenated alkanes) is 2. The van der Waals surface area contributed by atoms with Crippen molar-refractivity contribution >= 4 is 27.7 Å². The van der Waals surface area contributed by atoms with Gasteiger partial charge in [0.2, 0.25) is 0 Å². The maximum absolute atomic E-state index is 12.7. The zero-order valence-corrected chi connectivity index (χ0v) is 16.8. The van der Waals surface area contributed by atoms with Gasteiger partial charge in [-0.2, -0.15) is 4.37 Å². The maximum Gasteiger partial charge on any atom is 0.273 e. The van der Waals surface area contributed by atoms with Gasteiger partial charge >= 0.3 is 0 Å². The molecule has 0 unspecified atom stereocenters. The van der Waals surface area contributed by atoms with Crippen LogP contribution in [0.25, 0.3) is 10.2 Å². The van der Waals surface area contributed by atoms with Crippen LogP contribution in [0.2, 0.25) is 0 Å². The zero-order chi connectivity index (χ0) is 18.5. The number of rotatable bonds is 7. The summed E-state index contributed by atoms with van der Waals surface area (Å²) in [6.45, 7) is 7.06. The Kier molecular flexibility index (Phi) is 6.59. The molecule has 0 aliphatic heterocycles. The highest BCUT2D eigenvalue weighted by Gasteiger charge is 2.25. The Labute approximate surface area is 159 Å². The van der Waals surface area contributed by atoms with E-state index in [0.29, 0.717) is 11.8 Å². The smallest absolute Gasteiger partial charge is 0.273 e. The number of fused-ring (bicyclic) bond motifs is 1. The van der Waals surface area contributed by atoms with Crippen molar-refractivity contribution in [2.45, 2.75) is 77.9 Å². The molecule has 3 rings (SSSR count). The molecule has 26 heavy (non-hydrogen) atoms. The number of carbonyl (C=O) groups is 1. The highest BCUT2D eigenvalue weighted by atomic mass is 32.1. The number of hydrogen-bond donors (Lipinski definition) is 1. The van der Waals surface area contributed by atoms with E-state index in [9.17, 15) is 4.79 Å². The van der Waals surface area contributed by atoms with Gasteiger partial charge in [-0.25, -0.2) is 4.98 Å². The summed E-state index contributed by atoms with van der Waals surface area (Å²) in [6.07, 6.45) is 7.94. The van der Waals surface area contributed by atoms with E-state index < -0.39 is 0 Å². The van der Waals surface area contributed by atoms with E-state index >= 15 is 0 Å². The summed E-state index contributed by atoms with van der Waals surface area (Å²) < 4.78 is 11.3. The van der Waals surface area contributed by atoms with Crippen LogP contribution in [-0.4, -0.2) is 34.0 Å². The average Bonchev–Trinajstić information content (AvgIpc) is 3.04. The van der Waals surface area contributed by atoms with Gasteiger partial charge in [0, 0.05) is 18.3 Å². The van der Waals surface area contributed by atoms with Gasteiger partial charge < -0.3 is 10.1 Å². The van der Waals surface area contributed by atoms with E-state index in [2.05, 4.69) is 21.6 Å². The Morgan fingerprint density at radius 2 is 2.04 bits per heavy atom. The van der Waals surface area contributed by atoms with Crippen LogP contribution in [-0.2, 0) is 4.74 Å². The quantitative estimate of drug-likeness (QED) is 0.721. The minimum absolute atomic E-state index is 0.0962. The molecule has 2 aromatic rings. The summed E-state index contributed by atoms with van der Waals surface area (Å²) in [5.41, 5.74) is 3.25. The van der Waals surface area contributed by atoms with Crippen LogP contribution in [0.5, 0.6) is 0 Å². The standard InChI is InChI=1S/C20H29N3O2S/c1-4-5-6-11-25-16-9-7-15(8-10-16)22-20(24)18-17-19(26-23-18)13(2)12-14(3)21-17/h12,15-16H,4-11H2,1-3H3,(H,22,24). The molecule has 6 heteroatoms. The molecular formula is C20H29N3O2S. The summed E-state index contributed by atoms with van der Waals surface area (Å²) >= 11 is 1.36. The molecule has 1 saturated carbocycles. The summed E-state index contributed by atoms with van der Waals surface area (Å²) in [6, 6.07) is 2.24. The van der Waals surface area contributed by atoms with Crippen LogP contribution >= 0.6 is 11.5 Å². The minimum atomic E-state index is -0.0962. The highest BCUT2D eigenvalue weighted by Crippen LogP contribution is 2.26. The van der Waals surface area contributed by atoms with Crippen molar-refractivity contribution in [1.82, 2.24) is 14.7 Å². The van der Waals surface area contributed by atoms with E-state index in [1.807, 2.05) is 19.9 Å². The SMILES string of the molecule is CCCCCOC1CCC(NC(=O)c2nsc3c(C)cc(C)nc23)CC1. The lowest BCUT2D eigenvalue weighted by Gasteiger charge is -2.29. The Bertz CT molecular complexity index is 751. The van der Waals surface area contributed by atoms with Crippen molar-refractivity contribution in [2.24, 2.45) is 0 Å². The first kappa shape index (κ1) is 19.2. The summed E-state index contributed by atoms with van der Waals surface area (Å²) in [7, 11) is 0. The van der Waals surface area contributed by atoms with Crippen molar-refractivity contribution < 1.29 is 9.53 Å². The highest BCUT2D eigenvalue weighted by molar-refractivity contribution is 7.13. The maximum atomic E-state index is 12.7. The van der Waals surface area contributed by atoms with Gasteiger partial charge in [-0.15, -0.1) is 0 Å². The summed E-state index contributed by atoms with van der Waals surface area (Å²) in [5.74, 6) is -0.0962. The first-order valence-corrected chi connectivity index (χ1v) is 10.5. The Balaban J connectivity index is 1.53. The largest absolute Gasteiger partial charge is 0.378 e. The van der Waals surface area contributed by atoms with Gasteiger partial charge in [0.05, 0.1) is 10.8 Å². The average molecular weight is 376 g/mol. The van der Waals surface area contributed by atoms with Gasteiger partial charge in [0.15, 0.2) is 5.69 Å². The number of amides is 1. The van der Waals surface area contributed by atoms with Crippen LogP contribution in [0.4, 0.5) is 0 Å². The lowest BCUT2D eigenvalue weighted by Crippen LogP contribution is -2.39. The molecule has 0 aromatic carbocycles. The molecule has 1 aliphatic carbocycles. The molecule has 1 N–H and O–H groups in total. The Morgan fingerprint density at radius 3 is 2.77 bits per heavy atom. The molecule has 0 bridgehead atoms. The predicted octanol–water partition coefficient (Wildman–Crippen LogP) is 4.56. The number of carbonyl (C=O) groups excluding carboxylic acids is 1. The lowest BCUT2D eigenvalue weighted by molar-refractivity contribution is 0.0204. The third kappa shape index (κ3) is 4.60. The molecule has 1 aliphatic rings. The van der Waals surface area contributed by atoms with Crippen molar-refractivity contribution in [1.29, 1.82) is 0 Å². The van der Waals surface area contributed by atoms with Gasteiger partial charge in [-0.05, 0) is 69.1 Å². The fourth-order valence-corrected chi connectivity index (χ4v) is 4.40. The number of aromatic nitrogens is 2. The number of pyridine rings is 1. The normalized spacial score (nSPS) is 20.4. The topological polar surface area (TPSA) is 64.1 Å². The second-order valence-corrected chi connectivity index (χ2v) is 8.09. The molecule has 1 fully saturated rings. The van der Waals surface area contributed by atoms with E-state index in [-0.39, 0.29) is 11.9 Å². The van der Waals surface area contributed by atoms with Crippen molar-refractivity contribution in [3.63, 3.8) is 0 Å².